The predicted octanol–water partition coefficient (Wildman–Crippen LogP) is 4.79. The number of rotatable bonds is 13. The number of nitrogens with one attached hydrogen (secondary N) is 3. The maximum Gasteiger partial charge on any atom is 0.245 e. The topological polar surface area (TPSA) is 91.5 Å². The van der Waals surface area contributed by atoms with Gasteiger partial charge in [0, 0.05) is 38.9 Å². The summed E-state index contributed by atoms with van der Waals surface area (Å²) in [4.78, 5) is 23.2. The number of carbonyl (C=O) groups is 1. The molecule has 1 saturated carbocycles. The molecule has 220 valence electrons. The number of piperidine rings is 1. The molecule has 0 spiro atoms. The standard InChI is InChI=1S/C31H47N5O3S/c1-3-20-39-31(25-8-5-4-6-9-25)15-18-36(19-16-31)29(37)28(21-24-11-13-27(38-2)14-12-24)35-30(40)33-17-7-10-26-22-32-23-34-26/h11-14,22-23,25,28H,3-10,15-21H2,1-2H3,(H,32,34)(H2,33,35,40). The van der Waals surface area contributed by atoms with Gasteiger partial charge in [-0.05, 0) is 80.8 Å². The van der Waals surface area contributed by atoms with Crippen molar-refractivity contribution in [2.75, 3.05) is 33.4 Å². The van der Waals surface area contributed by atoms with Crippen LogP contribution in [-0.4, -0.2) is 70.9 Å². The number of likely N-dealkylation sites (tertiary alicyclic amines) is 1. The molecule has 2 aromatic rings. The van der Waals surface area contributed by atoms with E-state index in [0.717, 1.165) is 68.8 Å². The van der Waals surface area contributed by atoms with Crippen LogP contribution in [0.15, 0.2) is 36.8 Å². The normalized spacial score (nSPS) is 18.2. The molecule has 1 aliphatic carbocycles. The number of thiocarbonyl (C=S) groups is 1. The zero-order valence-electron chi connectivity index (χ0n) is 24.3. The molecule has 8 nitrogen and oxygen atoms in total. The van der Waals surface area contributed by atoms with Crippen molar-refractivity contribution in [3.63, 3.8) is 0 Å². The monoisotopic (exact) mass is 569 g/mol. The zero-order chi connectivity index (χ0) is 28.2. The molecule has 1 aromatic carbocycles. The molecule has 9 heteroatoms. The maximum atomic E-state index is 13.9. The number of hydrogen-bond donors (Lipinski definition) is 3. The summed E-state index contributed by atoms with van der Waals surface area (Å²) in [5.41, 5.74) is 2.01. The van der Waals surface area contributed by atoms with E-state index in [1.807, 2.05) is 35.4 Å². The second-order valence-electron chi connectivity index (χ2n) is 11.2. The third kappa shape index (κ3) is 8.43. The fraction of sp³-hybridized carbons (Fsp3) is 0.645. The van der Waals surface area contributed by atoms with Crippen molar-refractivity contribution in [2.45, 2.75) is 89.2 Å². The van der Waals surface area contributed by atoms with Gasteiger partial charge < -0.3 is 30.0 Å². The second-order valence-corrected chi connectivity index (χ2v) is 11.7. The van der Waals surface area contributed by atoms with Gasteiger partial charge >= 0.3 is 0 Å². The third-order valence-electron chi connectivity index (χ3n) is 8.52. The zero-order valence-corrected chi connectivity index (χ0v) is 25.1. The van der Waals surface area contributed by atoms with Gasteiger partial charge in [0.05, 0.1) is 24.7 Å². The molecular formula is C31H47N5O3S. The van der Waals surface area contributed by atoms with E-state index in [0.29, 0.717) is 24.0 Å². The highest BCUT2D eigenvalue weighted by molar-refractivity contribution is 7.80. The Balaban J connectivity index is 1.38. The molecule has 1 aromatic heterocycles. The first kappa shape index (κ1) is 30.3. The Hall–Kier alpha value is -2.65. The van der Waals surface area contributed by atoms with E-state index in [-0.39, 0.29) is 11.5 Å². The summed E-state index contributed by atoms with van der Waals surface area (Å²) in [5, 5.41) is 7.14. The Labute approximate surface area is 245 Å². The van der Waals surface area contributed by atoms with E-state index in [1.165, 1.54) is 32.1 Å². The number of ether oxygens (including phenoxy) is 2. The minimum atomic E-state index is -0.446. The van der Waals surface area contributed by atoms with Crippen molar-refractivity contribution in [1.82, 2.24) is 25.5 Å². The van der Waals surface area contributed by atoms with Crippen LogP contribution in [0.4, 0.5) is 0 Å². The van der Waals surface area contributed by atoms with Gasteiger partial charge in [-0.3, -0.25) is 4.79 Å². The lowest BCUT2D eigenvalue weighted by Gasteiger charge is -2.48. The molecule has 0 radical (unpaired) electrons. The number of methoxy groups -OCH3 is 1. The van der Waals surface area contributed by atoms with Gasteiger partial charge in [0.1, 0.15) is 11.8 Å². The molecule has 40 heavy (non-hydrogen) atoms. The van der Waals surface area contributed by atoms with Gasteiger partial charge in [-0.2, -0.15) is 0 Å². The molecule has 1 unspecified atom stereocenters. The number of amides is 1. The molecule has 1 aliphatic heterocycles. The summed E-state index contributed by atoms with van der Waals surface area (Å²) in [7, 11) is 1.66. The van der Waals surface area contributed by atoms with Crippen LogP contribution in [0.2, 0.25) is 0 Å². The van der Waals surface area contributed by atoms with Crippen molar-refractivity contribution >= 4 is 23.2 Å². The summed E-state index contributed by atoms with van der Waals surface area (Å²) < 4.78 is 11.9. The Kier molecular flexibility index (Phi) is 11.7. The number of carbonyl (C=O) groups excluding carboxylic acids is 1. The fourth-order valence-electron chi connectivity index (χ4n) is 6.24. The van der Waals surface area contributed by atoms with Crippen molar-refractivity contribution in [3.05, 3.63) is 48.0 Å². The minimum absolute atomic E-state index is 0.0860. The number of hydrogen-bond acceptors (Lipinski definition) is 5. The average molecular weight is 570 g/mol. The minimum Gasteiger partial charge on any atom is -0.497 e. The average Bonchev–Trinajstić information content (AvgIpc) is 3.52. The lowest BCUT2D eigenvalue weighted by molar-refractivity contribution is -0.149. The lowest BCUT2D eigenvalue weighted by atomic mass is 9.72. The molecule has 2 fully saturated rings. The number of H-pyrrole nitrogens is 1. The van der Waals surface area contributed by atoms with E-state index >= 15 is 0 Å². The molecule has 2 aliphatic rings. The number of benzene rings is 1. The van der Waals surface area contributed by atoms with Gasteiger partial charge in [-0.15, -0.1) is 0 Å². The van der Waals surface area contributed by atoms with Gasteiger partial charge in [0.25, 0.3) is 0 Å². The first-order chi connectivity index (χ1) is 19.5. The van der Waals surface area contributed by atoms with E-state index in [9.17, 15) is 4.79 Å². The Bertz CT molecular complexity index is 1030. The number of imidazole rings is 1. The van der Waals surface area contributed by atoms with Crippen LogP contribution < -0.4 is 15.4 Å². The SMILES string of the molecule is CCCOC1(C2CCCCC2)CCN(C(=O)C(Cc2ccc(OC)cc2)NC(=S)NCCCc2c[nH]cn2)CC1. The molecule has 1 saturated heterocycles. The first-order valence-corrected chi connectivity index (χ1v) is 15.5. The first-order valence-electron chi connectivity index (χ1n) is 15.1. The Morgan fingerprint density at radius 1 is 1.20 bits per heavy atom. The van der Waals surface area contributed by atoms with Crippen molar-refractivity contribution in [2.24, 2.45) is 5.92 Å². The van der Waals surface area contributed by atoms with E-state index in [4.69, 9.17) is 21.7 Å². The van der Waals surface area contributed by atoms with Crippen molar-refractivity contribution < 1.29 is 14.3 Å². The fourth-order valence-corrected chi connectivity index (χ4v) is 6.48. The molecule has 3 N–H and O–H groups in total. The second kappa shape index (κ2) is 15.4. The van der Waals surface area contributed by atoms with Crippen LogP contribution >= 0.6 is 12.2 Å². The number of aryl methyl sites for hydroxylation is 1. The molecule has 4 rings (SSSR count). The molecule has 2 heterocycles. The Morgan fingerprint density at radius 3 is 2.60 bits per heavy atom. The van der Waals surface area contributed by atoms with Crippen molar-refractivity contribution in [3.8, 4) is 5.75 Å². The highest BCUT2D eigenvalue weighted by Gasteiger charge is 2.44. The summed E-state index contributed by atoms with van der Waals surface area (Å²) in [6.07, 6.45) is 15.2. The quantitative estimate of drug-likeness (QED) is 0.236. The van der Waals surface area contributed by atoms with E-state index < -0.39 is 6.04 Å². The van der Waals surface area contributed by atoms with Crippen LogP contribution in [0, 0.1) is 5.92 Å². The number of aromatic nitrogens is 2. The Morgan fingerprint density at radius 2 is 1.95 bits per heavy atom. The highest BCUT2D eigenvalue weighted by atomic mass is 32.1. The summed E-state index contributed by atoms with van der Waals surface area (Å²) in [5.74, 6) is 1.51. The summed E-state index contributed by atoms with van der Waals surface area (Å²) in [6, 6.07) is 7.46. The van der Waals surface area contributed by atoms with Crippen LogP contribution in [0.5, 0.6) is 5.75 Å². The molecule has 0 bridgehead atoms. The lowest BCUT2D eigenvalue weighted by Crippen LogP contribution is -2.57. The number of aromatic amines is 1. The molecule has 1 amide bonds. The highest BCUT2D eigenvalue weighted by Crippen LogP contribution is 2.42. The van der Waals surface area contributed by atoms with Gasteiger partial charge in [-0.25, -0.2) is 4.98 Å². The van der Waals surface area contributed by atoms with E-state index in [1.54, 1.807) is 13.4 Å². The summed E-state index contributed by atoms with van der Waals surface area (Å²) >= 11 is 5.63. The molecular weight excluding hydrogens is 522 g/mol. The number of nitrogens with zero attached hydrogens (tertiary/aromatic N) is 2. The van der Waals surface area contributed by atoms with Crippen LogP contribution in [-0.2, 0) is 22.4 Å². The van der Waals surface area contributed by atoms with Gasteiger partial charge in [0.15, 0.2) is 5.11 Å². The maximum absolute atomic E-state index is 13.9. The smallest absolute Gasteiger partial charge is 0.245 e. The summed E-state index contributed by atoms with van der Waals surface area (Å²) in [6.45, 7) is 5.14. The van der Waals surface area contributed by atoms with Crippen LogP contribution in [0.25, 0.3) is 0 Å². The largest absolute Gasteiger partial charge is 0.497 e. The molecule has 1 atom stereocenters. The van der Waals surface area contributed by atoms with Crippen molar-refractivity contribution in [1.29, 1.82) is 0 Å². The third-order valence-corrected chi connectivity index (χ3v) is 8.78. The van der Waals surface area contributed by atoms with E-state index in [2.05, 4.69) is 27.5 Å². The van der Waals surface area contributed by atoms with Gasteiger partial charge in [-0.1, -0.05) is 38.3 Å². The van der Waals surface area contributed by atoms with Crippen LogP contribution in [0.3, 0.4) is 0 Å². The van der Waals surface area contributed by atoms with Gasteiger partial charge in [0.2, 0.25) is 5.91 Å². The predicted molar refractivity (Wildman–Crippen MR) is 162 cm³/mol. The van der Waals surface area contributed by atoms with Crippen LogP contribution in [0.1, 0.15) is 76.0 Å².